The van der Waals surface area contributed by atoms with Crippen molar-refractivity contribution in [1.29, 1.82) is 0 Å². The molecular formula is C18H17N3OS. The summed E-state index contributed by atoms with van der Waals surface area (Å²) in [5.41, 5.74) is 3.46. The quantitative estimate of drug-likeness (QED) is 0.805. The van der Waals surface area contributed by atoms with Crippen molar-refractivity contribution in [3.63, 3.8) is 0 Å². The van der Waals surface area contributed by atoms with E-state index in [-0.39, 0.29) is 11.9 Å². The van der Waals surface area contributed by atoms with Gasteiger partial charge in [-0.1, -0.05) is 35.6 Å². The maximum absolute atomic E-state index is 12.6. The first kappa shape index (κ1) is 14.2. The highest BCUT2D eigenvalue weighted by Crippen LogP contribution is 2.24. The molecule has 1 N–H and O–H groups in total. The lowest BCUT2D eigenvalue weighted by Crippen LogP contribution is -2.35. The minimum Gasteiger partial charge on any atom is -0.348 e. The van der Waals surface area contributed by atoms with Gasteiger partial charge in [0.2, 0.25) is 0 Å². The van der Waals surface area contributed by atoms with Crippen molar-refractivity contribution in [3.8, 4) is 5.13 Å². The normalized spacial score (nSPS) is 14.0. The van der Waals surface area contributed by atoms with Crippen LogP contribution >= 0.6 is 11.3 Å². The molecule has 0 aliphatic heterocycles. The van der Waals surface area contributed by atoms with E-state index in [1.807, 2.05) is 36.0 Å². The van der Waals surface area contributed by atoms with Crippen LogP contribution in [-0.4, -0.2) is 21.5 Å². The van der Waals surface area contributed by atoms with E-state index in [1.54, 1.807) is 0 Å². The van der Waals surface area contributed by atoms with Gasteiger partial charge < -0.3 is 9.88 Å². The molecule has 2 aromatic heterocycles. The zero-order valence-corrected chi connectivity index (χ0v) is 13.6. The van der Waals surface area contributed by atoms with E-state index in [2.05, 4.69) is 34.6 Å². The number of carbonyl (C=O) groups excluding carboxylic acids is 1. The second-order valence-corrected chi connectivity index (χ2v) is 6.83. The lowest BCUT2D eigenvalue weighted by atomic mass is 10.1. The average molecular weight is 323 g/mol. The van der Waals surface area contributed by atoms with Gasteiger partial charge in [0.25, 0.3) is 5.91 Å². The molecule has 4 nitrogen and oxygen atoms in total. The summed E-state index contributed by atoms with van der Waals surface area (Å²) in [5, 5.41) is 3.99. The average Bonchev–Trinajstić information content (AvgIpc) is 3.25. The third-order valence-electron chi connectivity index (χ3n) is 4.20. The number of aryl methyl sites for hydroxylation is 1. The van der Waals surface area contributed by atoms with Crippen LogP contribution in [0.4, 0.5) is 0 Å². The molecule has 3 aromatic rings. The summed E-state index contributed by atoms with van der Waals surface area (Å²) in [6, 6.07) is 12.5. The van der Waals surface area contributed by atoms with E-state index in [9.17, 15) is 4.79 Å². The van der Waals surface area contributed by atoms with Gasteiger partial charge in [-0.3, -0.25) is 4.79 Å². The highest BCUT2D eigenvalue weighted by Gasteiger charge is 2.24. The maximum atomic E-state index is 12.6. The molecule has 116 valence electrons. The highest BCUT2D eigenvalue weighted by molar-refractivity contribution is 7.16. The Morgan fingerprint density at radius 3 is 2.48 bits per heavy atom. The van der Waals surface area contributed by atoms with Crippen LogP contribution in [0.1, 0.15) is 26.5 Å². The molecule has 0 bridgehead atoms. The standard InChI is InChI=1S/C18H17N3OS/c1-12-16(23-18(19-12)21-8-4-5-9-21)17(22)20-15-10-13-6-2-3-7-14(13)11-15/h2-9,15H,10-11H2,1H3,(H,20,22). The molecule has 0 saturated heterocycles. The van der Waals surface area contributed by atoms with E-state index in [4.69, 9.17) is 0 Å². The largest absolute Gasteiger partial charge is 0.348 e. The van der Waals surface area contributed by atoms with Gasteiger partial charge >= 0.3 is 0 Å². The van der Waals surface area contributed by atoms with E-state index in [0.717, 1.165) is 23.7 Å². The van der Waals surface area contributed by atoms with Gasteiger partial charge in [-0.15, -0.1) is 0 Å². The van der Waals surface area contributed by atoms with Crippen molar-refractivity contribution in [1.82, 2.24) is 14.9 Å². The highest BCUT2D eigenvalue weighted by atomic mass is 32.1. The molecule has 1 amide bonds. The third-order valence-corrected chi connectivity index (χ3v) is 5.37. The molecule has 0 saturated carbocycles. The summed E-state index contributed by atoms with van der Waals surface area (Å²) in [5.74, 6) is -0.0174. The summed E-state index contributed by atoms with van der Waals surface area (Å²) in [6.45, 7) is 1.89. The van der Waals surface area contributed by atoms with Crippen molar-refractivity contribution < 1.29 is 4.79 Å². The van der Waals surface area contributed by atoms with E-state index in [1.165, 1.54) is 22.5 Å². The summed E-state index contributed by atoms with van der Waals surface area (Å²) in [4.78, 5) is 17.8. The molecule has 1 aromatic carbocycles. The van der Waals surface area contributed by atoms with Crippen LogP contribution in [0.2, 0.25) is 0 Å². The monoisotopic (exact) mass is 323 g/mol. The molecule has 5 heteroatoms. The Balaban J connectivity index is 1.50. The summed E-state index contributed by atoms with van der Waals surface area (Å²) in [7, 11) is 0. The lowest BCUT2D eigenvalue weighted by molar-refractivity contribution is 0.0942. The molecule has 0 atom stereocenters. The Hall–Kier alpha value is -2.40. The van der Waals surface area contributed by atoms with Crippen molar-refractivity contribution in [2.45, 2.75) is 25.8 Å². The number of benzene rings is 1. The van der Waals surface area contributed by atoms with Crippen LogP contribution < -0.4 is 5.32 Å². The number of fused-ring (bicyclic) bond motifs is 1. The van der Waals surface area contributed by atoms with Crippen LogP contribution in [0.5, 0.6) is 0 Å². The molecule has 0 unspecified atom stereocenters. The van der Waals surface area contributed by atoms with Crippen LogP contribution in [0, 0.1) is 6.92 Å². The van der Waals surface area contributed by atoms with Gasteiger partial charge in [-0.25, -0.2) is 4.98 Å². The van der Waals surface area contributed by atoms with Crippen molar-refractivity contribution in [2.24, 2.45) is 0 Å². The number of carbonyl (C=O) groups is 1. The molecule has 0 spiro atoms. The smallest absolute Gasteiger partial charge is 0.263 e. The number of hydrogen-bond donors (Lipinski definition) is 1. The molecule has 2 heterocycles. The number of nitrogens with zero attached hydrogens (tertiary/aromatic N) is 2. The molecule has 1 aliphatic carbocycles. The number of amides is 1. The van der Waals surface area contributed by atoms with Gasteiger partial charge in [0.05, 0.1) is 5.69 Å². The first-order valence-corrected chi connectivity index (χ1v) is 8.51. The molecule has 23 heavy (non-hydrogen) atoms. The molecule has 0 fully saturated rings. The topological polar surface area (TPSA) is 46.9 Å². The van der Waals surface area contributed by atoms with Crippen LogP contribution in [0.15, 0.2) is 48.8 Å². The first-order chi connectivity index (χ1) is 11.2. The summed E-state index contributed by atoms with van der Waals surface area (Å²) in [6.07, 6.45) is 5.69. The Kier molecular flexibility index (Phi) is 3.50. The van der Waals surface area contributed by atoms with Gasteiger partial charge in [0, 0.05) is 18.4 Å². The van der Waals surface area contributed by atoms with Gasteiger partial charge in [-0.2, -0.15) is 0 Å². The van der Waals surface area contributed by atoms with E-state index < -0.39 is 0 Å². The van der Waals surface area contributed by atoms with E-state index >= 15 is 0 Å². The van der Waals surface area contributed by atoms with Crippen LogP contribution in [0.3, 0.4) is 0 Å². The zero-order chi connectivity index (χ0) is 15.8. The SMILES string of the molecule is Cc1nc(-n2cccc2)sc1C(=O)NC1Cc2ccccc2C1. The van der Waals surface area contributed by atoms with Crippen LogP contribution in [-0.2, 0) is 12.8 Å². The number of rotatable bonds is 3. The minimum atomic E-state index is -0.0174. The number of nitrogens with one attached hydrogen (secondary N) is 1. The molecule has 1 aliphatic rings. The summed E-state index contributed by atoms with van der Waals surface area (Å²) < 4.78 is 1.93. The number of hydrogen-bond acceptors (Lipinski definition) is 3. The van der Waals surface area contributed by atoms with E-state index in [0.29, 0.717) is 4.88 Å². The van der Waals surface area contributed by atoms with Crippen molar-refractivity contribution in [2.75, 3.05) is 0 Å². The second kappa shape index (κ2) is 5.66. The molecular weight excluding hydrogens is 306 g/mol. The van der Waals surface area contributed by atoms with Crippen LogP contribution in [0.25, 0.3) is 5.13 Å². The Labute approximate surface area is 138 Å². The van der Waals surface area contributed by atoms with Gasteiger partial charge in [0.1, 0.15) is 4.88 Å². The summed E-state index contributed by atoms with van der Waals surface area (Å²) >= 11 is 1.43. The fraction of sp³-hybridized carbons (Fsp3) is 0.222. The first-order valence-electron chi connectivity index (χ1n) is 7.69. The van der Waals surface area contributed by atoms with Gasteiger partial charge in [-0.05, 0) is 43.0 Å². The third kappa shape index (κ3) is 2.68. The predicted octanol–water partition coefficient (Wildman–Crippen LogP) is 3.14. The maximum Gasteiger partial charge on any atom is 0.263 e. The fourth-order valence-electron chi connectivity index (χ4n) is 3.08. The molecule has 0 radical (unpaired) electrons. The Morgan fingerprint density at radius 1 is 1.17 bits per heavy atom. The zero-order valence-electron chi connectivity index (χ0n) is 12.8. The van der Waals surface area contributed by atoms with Crippen molar-refractivity contribution >= 4 is 17.2 Å². The minimum absolute atomic E-state index is 0.0174. The Morgan fingerprint density at radius 2 is 1.83 bits per heavy atom. The van der Waals surface area contributed by atoms with Gasteiger partial charge in [0.15, 0.2) is 5.13 Å². The number of aromatic nitrogens is 2. The second-order valence-electron chi connectivity index (χ2n) is 5.85. The predicted molar refractivity (Wildman–Crippen MR) is 91.3 cm³/mol. The van der Waals surface area contributed by atoms with Crippen molar-refractivity contribution in [3.05, 3.63) is 70.5 Å². The number of thiazole rings is 1. The lowest BCUT2D eigenvalue weighted by Gasteiger charge is -2.11. The molecule has 4 rings (SSSR count). The Bertz CT molecular complexity index is 826. The fourth-order valence-corrected chi connectivity index (χ4v) is 4.01.